The number of rotatable bonds is 8. The summed E-state index contributed by atoms with van der Waals surface area (Å²) in [5, 5.41) is 6.12. The molecule has 6 nitrogen and oxygen atoms in total. The Balaban J connectivity index is 2.03. The SMILES string of the molecule is CCNC(=O)N[C@@H](CC)[C@@H]1c2cc(OC)c(OC)cc2CC[NH+]1Cc1ccccc1C. The Hall–Kier alpha value is -2.73. The third-order valence-electron chi connectivity index (χ3n) is 6.31. The summed E-state index contributed by atoms with van der Waals surface area (Å²) in [4.78, 5) is 13.9. The number of carbonyl (C=O) groups is 1. The van der Waals surface area contributed by atoms with Gasteiger partial charge in [0.15, 0.2) is 11.5 Å². The fraction of sp³-hybridized carbons (Fsp3) is 0.480. The Morgan fingerprint density at radius 2 is 1.87 bits per heavy atom. The summed E-state index contributed by atoms with van der Waals surface area (Å²) in [6, 6.07) is 12.8. The van der Waals surface area contributed by atoms with E-state index in [0.29, 0.717) is 6.54 Å². The van der Waals surface area contributed by atoms with E-state index in [1.54, 1.807) is 14.2 Å². The minimum absolute atomic E-state index is 0.00252. The molecule has 0 saturated carbocycles. The summed E-state index contributed by atoms with van der Waals surface area (Å²) in [5.41, 5.74) is 5.15. The second kappa shape index (κ2) is 10.5. The third-order valence-corrected chi connectivity index (χ3v) is 6.31. The van der Waals surface area contributed by atoms with Crippen LogP contribution in [0.5, 0.6) is 11.5 Å². The standard InChI is InChI=1S/C25H35N3O3/c1-6-21(27-25(29)26-7-2)24-20-15-23(31-5)22(30-4)14-18(20)12-13-28(24)16-19-11-9-8-10-17(19)3/h8-11,14-15,21,24H,6-7,12-13,16H2,1-5H3,(H2,26,27,29)/p+1/t21-,24-/m0/s1. The van der Waals surface area contributed by atoms with Gasteiger partial charge in [0.05, 0.1) is 26.8 Å². The first-order valence-corrected chi connectivity index (χ1v) is 11.2. The molecule has 0 radical (unpaired) electrons. The van der Waals surface area contributed by atoms with Crippen LogP contribution in [0.3, 0.4) is 0 Å². The maximum Gasteiger partial charge on any atom is 0.315 e. The second-order valence-corrected chi connectivity index (χ2v) is 8.16. The van der Waals surface area contributed by atoms with E-state index < -0.39 is 0 Å². The molecule has 0 spiro atoms. The van der Waals surface area contributed by atoms with E-state index in [9.17, 15) is 4.79 Å². The van der Waals surface area contributed by atoms with Gasteiger partial charge >= 0.3 is 6.03 Å². The zero-order valence-corrected chi connectivity index (χ0v) is 19.4. The minimum Gasteiger partial charge on any atom is -0.493 e. The molecule has 3 atom stereocenters. The second-order valence-electron chi connectivity index (χ2n) is 8.16. The molecule has 6 heteroatoms. The first kappa shape index (κ1) is 22.9. The summed E-state index contributed by atoms with van der Waals surface area (Å²) in [6.07, 6.45) is 1.80. The van der Waals surface area contributed by atoms with E-state index in [1.807, 2.05) is 6.92 Å². The van der Waals surface area contributed by atoms with Crippen molar-refractivity contribution in [2.75, 3.05) is 27.3 Å². The van der Waals surface area contributed by atoms with Crippen LogP contribution in [0.1, 0.15) is 48.6 Å². The number of nitrogens with one attached hydrogen (secondary N) is 3. The van der Waals surface area contributed by atoms with Crippen LogP contribution >= 0.6 is 0 Å². The van der Waals surface area contributed by atoms with Gasteiger partial charge in [-0.05, 0) is 43.5 Å². The molecule has 168 valence electrons. The first-order valence-electron chi connectivity index (χ1n) is 11.2. The average molecular weight is 427 g/mol. The van der Waals surface area contributed by atoms with Gasteiger partial charge in [-0.25, -0.2) is 4.79 Å². The molecular weight excluding hydrogens is 390 g/mol. The van der Waals surface area contributed by atoms with Gasteiger partial charge in [-0.3, -0.25) is 0 Å². The monoisotopic (exact) mass is 426 g/mol. The van der Waals surface area contributed by atoms with E-state index in [2.05, 4.69) is 60.9 Å². The lowest BCUT2D eigenvalue weighted by molar-refractivity contribution is -0.948. The average Bonchev–Trinajstić information content (AvgIpc) is 2.78. The van der Waals surface area contributed by atoms with Crippen LogP contribution in [0.15, 0.2) is 36.4 Å². The lowest BCUT2D eigenvalue weighted by Crippen LogP contribution is -3.13. The number of benzene rings is 2. The van der Waals surface area contributed by atoms with Crippen LogP contribution in [0, 0.1) is 6.92 Å². The van der Waals surface area contributed by atoms with Gasteiger partial charge in [0.1, 0.15) is 12.6 Å². The van der Waals surface area contributed by atoms with E-state index in [4.69, 9.17) is 9.47 Å². The van der Waals surface area contributed by atoms with Gasteiger partial charge in [-0.15, -0.1) is 0 Å². The molecule has 2 amide bonds. The molecule has 0 bridgehead atoms. The van der Waals surface area contributed by atoms with Crippen molar-refractivity contribution in [1.82, 2.24) is 10.6 Å². The summed E-state index contributed by atoms with van der Waals surface area (Å²) in [6.45, 7) is 8.75. The number of ether oxygens (including phenoxy) is 2. The highest BCUT2D eigenvalue weighted by Crippen LogP contribution is 2.35. The van der Waals surface area contributed by atoms with Gasteiger partial charge < -0.3 is 25.0 Å². The van der Waals surface area contributed by atoms with Crippen LogP contribution in [0.4, 0.5) is 4.79 Å². The van der Waals surface area contributed by atoms with Gasteiger partial charge in [0.2, 0.25) is 0 Å². The molecule has 0 saturated heterocycles. The zero-order valence-electron chi connectivity index (χ0n) is 19.4. The van der Waals surface area contributed by atoms with E-state index in [1.165, 1.54) is 27.2 Å². The lowest BCUT2D eigenvalue weighted by atomic mass is 9.86. The Kier molecular flexibility index (Phi) is 7.80. The Bertz CT molecular complexity index is 900. The maximum atomic E-state index is 12.4. The predicted octanol–water partition coefficient (Wildman–Crippen LogP) is 2.79. The Labute approximate surface area is 185 Å². The molecule has 0 aliphatic carbocycles. The van der Waals surface area contributed by atoms with Crippen molar-refractivity contribution in [2.45, 2.75) is 52.2 Å². The zero-order chi connectivity index (χ0) is 22.4. The highest BCUT2D eigenvalue weighted by atomic mass is 16.5. The van der Waals surface area contributed by atoms with Crippen molar-refractivity contribution < 1.29 is 19.2 Å². The maximum absolute atomic E-state index is 12.4. The van der Waals surface area contributed by atoms with Crippen LogP contribution in [0.2, 0.25) is 0 Å². The first-order chi connectivity index (χ1) is 15.0. The number of quaternary nitrogens is 1. The molecule has 2 aromatic carbocycles. The number of hydrogen-bond donors (Lipinski definition) is 3. The summed E-state index contributed by atoms with van der Waals surface area (Å²) in [5.74, 6) is 1.49. The number of amides is 2. The molecule has 31 heavy (non-hydrogen) atoms. The fourth-order valence-electron chi connectivity index (χ4n) is 4.67. The quantitative estimate of drug-likeness (QED) is 0.608. The molecule has 1 unspecified atom stereocenters. The molecule has 3 rings (SSSR count). The van der Waals surface area contributed by atoms with Crippen molar-refractivity contribution in [2.24, 2.45) is 0 Å². The number of methoxy groups -OCH3 is 2. The molecule has 1 aliphatic rings. The number of urea groups is 1. The van der Waals surface area contributed by atoms with Crippen molar-refractivity contribution in [3.8, 4) is 11.5 Å². The van der Waals surface area contributed by atoms with Crippen LogP contribution in [0.25, 0.3) is 0 Å². The van der Waals surface area contributed by atoms with Gasteiger partial charge in [-0.1, -0.05) is 31.2 Å². The minimum atomic E-state index is -0.114. The van der Waals surface area contributed by atoms with Crippen molar-refractivity contribution in [1.29, 1.82) is 0 Å². The summed E-state index contributed by atoms with van der Waals surface area (Å²) in [7, 11) is 3.34. The number of aryl methyl sites for hydroxylation is 1. The van der Waals surface area contributed by atoms with Crippen LogP contribution in [-0.2, 0) is 13.0 Å². The Morgan fingerprint density at radius 1 is 1.16 bits per heavy atom. The van der Waals surface area contributed by atoms with Crippen molar-refractivity contribution in [3.63, 3.8) is 0 Å². The molecule has 3 N–H and O–H groups in total. The third kappa shape index (κ3) is 5.13. The highest BCUT2D eigenvalue weighted by molar-refractivity contribution is 5.74. The van der Waals surface area contributed by atoms with Gasteiger partial charge in [0.25, 0.3) is 0 Å². The normalized spacial score (nSPS) is 18.6. The smallest absolute Gasteiger partial charge is 0.315 e. The van der Waals surface area contributed by atoms with Crippen molar-refractivity contribution in [3.05, 3.63) is 58.7 Å². The molecule has 0 aromatic heterocycles. The number of hydrogen-bond acceptors (Lipinski definition) is 3. The summed E-state index contributed by atoms with van der Waals surface area (Å²) < 4.78 is 11.2. The molecule has 1 aliphatic heterocycles. The van der Waals surface area contributed by atoms with E-state index in [-0.39, 0.29) is 18.1 Å². The fourth-order valence-corrected chi connectivity index (χ4v) is 4.67. The van der Waals surface area contributed by atoms with Crippen LogP contribution < -0.4 is 25.0 Å². The summed E-state index contributed by atoms with van der Waals surface area (Å²) >= 11 is 0. The largest absolute Gasteiger partial charge is 0.493 e. The van der Waals surface area contributed by atoms with E-state index >= 15 is 0 Å². The predicted molar refractivity (Wildman–Crippen MR) is 123 cm³/mol. The molecule has 2 aromatic rings. The number of fused-ring (bicyclic) bond motifs is 1. The molecular formula is C25H36N3O3+. The van der Waals surface area contributed by atoms with E-state index in [0.717, 1.165) is 37.4 Å². The topological polar surface area (TPSA) is 64.0 Å². The highest BCUT2D eigenvalue weighted by Gasteiger charge is 2.38. The van der Waals surface area contributed by atoms with Gasteiger partial charge in [0, 0.05) is 24.1 Å². The molecule has 1 heterocycles. The van der Waals surface area contributed by atoms with Gasteiger partial charge in [-0.2, -0.15) is 0 Å². The lowest BCUT2D eigenvalue weighted by Gasteiger charge is -2.39. The molecule has 0 fully saturated rings. The Morgan fingerprint density at radius 3 is 2.52 bits per heavy atom. The number of carbonyl (C=O) groups excluding carboxylic acids is 1. The van der Waals surface area contributed by atoms with Crippen molar-refractivity contribution >= 4 is 6.03 Å². The van der Waals surface area contributed by atoms with Crippen LogP contribution in [-0.4, -0.2) is 39.4 Å².